The number of nitrogens with two attached hydrogens (primary N) is 1. The number of aliphatic carboxylic acids is 1. The number of carboxylic acid groups (broad SMARTS) is 1. The van der Waals surface area contributed by atoms with Crippen molar-refractivity contribution in [3.8, 4) is 17.0 Å². The molecule has 1 amide bonds. The first kappa shape index (κ1) is 19.2. The number of nitrogens with zero attached hydrogens (tertiary/aromatic N) is 1. The van der Waals surface area contributed by atoms with Crippen LogP contribution in [-0.2, 0) is 4.79 Å². The zero-order valence-corrected chi connectivity index (χ0v) is 15.4. The van der Waals surface area contributed by atoms with E-state index in [1.165, 1.54) is 12.1 Å². The Kier molecular flexibility index (Phi) is 4.45. The summed E-state index contributed by atoms with van der Waals surface area (Å²) in [5.74, 6) is -2.82. The number of aromatic nitrogens is 1. The summed E-state index contributed by atoms with van der Waals surface area (Å²) in [6.07, 6.45) is -4.39. The number of carbonyl (C=O) groups is 2. The Morgan fingerprint density at radius 1 is 1.24 bits per heavy atom. The van der Waals surface area contributed by atoms with Crippen LogP contribution in [0.5, 0.6) is 5.75 Å². The predicted octanol–water partition coefficient (Wildman–Crippen LogP) is 4.15. The summed E-state index contributed by atoms with van der Waals surface area (Å²) in [7, 11) is 0. The topological polar surface area (TPSA) is 103 Å². The summed E-state index contributed by atoms with van der Waals surface area (Å²) >= 11 is 1.04. The number of fused-ring (bicyclic) bond motifs is 1. The van der Waals surface area contributed by atoms with Gasteiger partial charge in [0.15, 0.2) is 0 Å². The maximum absolute atomic E-state index is 12.6. The third kappa shape index (κ3) is 3.75. The van der Waals surface area contributed by atoms with Crippen LogP contribution in [-0.4, -0.2) is 28.3 Å². The highest BCUT2D eigenvalue weighted by atomic mass is 32.1. The van der Waals surface area contributed by atoms with Crippen LogP contribution >= 0.6 is 11.3 Å². The Balaban J connectivity index is 1.83. The van der Waals surface area contributed by atoms with Crippen LogP contribution in [0.15, 0.2) is 36.4 Å². The molecule has 1 aromatic carbocycles. The number of carbonyl (C=O) groups excluding carboxylic acids is 1. The van der Waals surface area contributed by atoms with Gasteiger partial charge in [-0.05, 0) is 36.8 Å². The van der Waals surface area contributed by atoms with Gasteiger partial charge in [-0.15, -0.1) is 24.5 Å². The molecule has 29 heavy (non-hydrogen) atoms. The molecule has 4 rings (SSSR count). The van der Waals surface area contributed by atoms with E-state index in [2.05, 4.69) is 9.72 Å². The van der Waals surface area contributed by atoms with Crippen LogP contribution in [0.4, 0.5) is 13.2 Å². The molecule has 0 spiro atoms. The highest BCUT2D eigenvalue weighted by Gasteiger charge is 2.45. The third-order valence-corrected chi connectivity index (χ3v) is 5.82. The minimum absolute atomic E-state index is 0.152. The largest absolute Gasteiger partial charge is 0.573 e. The van der Waals surface area contributed by atoms with Crippen molar-refractivity contribution >= 4 is 33.3 Å². The lowest BCUT2D eigenvalue weighted by Gasteiger charge is -2.09. The van der Waals surface area contributed by atoms with E-state index in [0.29, 0.717) is 33.5 Å². The van der Waals surface area contributed by atoms with Crippen molar-refractivity contribution in [2.45, 2.75) is 18.7 Å². The Morgan fingerprint density at radius 2 is 2.00 bits per heavy atom. The molecular weight excluding hydrogens is 409 g/mol. The van der Waals surface area contributed by atoms with Gasteiger partial charge in [-0.2, -0.15) is 0 Å². The first-order valence-electron chi connectivity index (χ1n) is 8.46. The van der Waals surface area contributed by atoms with Crippen molar-refractivity contribution in [2.75, 3.05) is 0 Å². The summed E-state index contributed by atoms with van der Waals surface area (Å²) in [5.41, 5.74) is 6.67. The normalized spacial score (nSPS) is 18.6. The number of primary amides is 1. The van der Waals surface area contributed by atoms with Gasteiger partial charge in [0.2, 0.25) is 0 Å². The summed E-state index contributed by atoms with van der Waals surface area (Å²) in [4.78, 5) is 27.7. The Labute approximate surface area is 165 Å². The summed E-state index contributed by atoms with van der Waals surface area (Å²) in [6.45, 7) is 0. The monoisotopic (exact) mass is 422 g/mol. The van der Waals surface area contributed by atoms with E-state index in [1.807, 2.05) is 0 Å². The van der Waals surface area contributed by atoms with Crippen molar-refractivity contribution in [1.82, 2.24) is 4.98 Å². The smallest absolute Gasteiger partial charge is 0.481 e. The van der Waals surface area contributed by atoms with E-state index in [0.717, 1.165) is 17.4 Å². The number of benzene rings is 1. The van der Waals surface area contributed by atoms with Crippen LogP contribution in [0, 0.1) is 5.92 Å². The number of alkyl halides is 3. The molecule has 10 heteroatoms. The minimum atomic E-state index is -4.85. The second-order valence-corrected chi connectivity index (χ2v) is 7.66. The fraction of sp³-hybridized carbons (Fsp3) is 0.211. The molecule has 0 radical (unpaired) electrons. The van der Waals surface area contributed by atoms with Crippen LogP contribution in [0.1, 0.15) is 27.7 Å². The fourth-order valence-electron chi connectivity index (χ4n) is 3.29. The van der Waals surface area contributed by atoms with Gasteiger partial charge in [0.05, 0.1) is 11.6 Å². The summed E-state index contributed by atoms with van der Waals surface area (Å²) in [6, 6.07) is 8.72. The maximum Gasteiger partial charge on any atom is 0.573 e. The highest BCUT2D eigenvalue weighted by molar-refractivity contribution is 7.21. The second kappa shape index (κ2) is 6.73. The van der Waals surface area contributed by atoms with E-state index >= 15 is 0 Å². The number of hydrogen-bond donors (Lipinski definition) is 2. The molecule has 2 aromatic heterocycles. The highest BCUT2D eigenvalue weighted by Crippen LogP contribution is 2.48. The average molecular weight is 422 g/mol. The number of amides is 1. The Bertz CT molecular complexity index is 1140. The number of ether oxygens (including phenoxy) is 1. The molecule has 2 heterocycles. The Morgan fingerprint density at radius 3 is 2.62 bits per heavy atom. The zero-order chi connectivity index (χ0) is 20.9. The average Bonchev–Trinajstić information content (AvgIpc) is 3.35. The number of pyridine rings is 1. The van der Waals surface area contributed by atoms with E-state index in [1.54, 1.807) is 18.2 Å². The van der Waals surface area contributed by atoms with E-state index in [4.69, 9.17) is 10.8 Å². The number of thiophene rings is 1. The first-order valence-corrected chi connectivity index (χ1v) is 9.28. The number of rotatable bonds is 5. The van der Waals surface area contributed by atoms with Crippen molar-refractivity contribution in [3.05, 3.63) is 47.0 Å². The standard InChI is InChI=1S/C19H13F3N2O4S/c20-19(21,22)28-8-4-5-14-11(6-8)15(16(29-14)17(23)25)13-3-1-2-12(24-13)9-7-10(9)18(26)27/h1-6,9-10H,7H2,(H2,23,25)(H,26,27)/t9-,10-/m1/s1. The van der Waals surface area contributed by atoms with Gasteiger partial charge in [0.1, 0.15) is 10.6 Å². The van der Waals surface area contributed by atoms with Crippen molar-refractivity contribution in [1.29, 1.82) is 0 Å². The summed E-state index contributed by atoms with van der Waals surface area (Å²) < 4.78 is 42.3. The lowest BCUT2D eigenvalue weighted by atomic mass is 10.0. The van der Waals surface area contributed by atoms with Gasteiger partial charge >= 0.3 is 12.3 Å². The number of carboxylic acids is 1. The molecule has 0 unspecified atom stereocenters. The lowest BCUT2D eigenvalue weighted by molar-refractivity contribution is -0.274. The van der Waals surface area contributed by atoms with E-state index in [9.17, 15) is 22.8 Å². The zero-order valence-electron chi connectivity index (χ0n) is 14.6. The van der Waals surface area contributed by atoms with E-state index in [-0.39, 0.29) is 10.8 Å². The van der Waals surface area contributed by atoms with Gasteiger partial charge in [-0.25, -0.2) is 0 Å². The molecular formula is C19H13F3N2O4S. The molecule has 0 aliphatic heterocycles. The molecule has 1 aliphatic carbocycles. The number of hydrogen-bond acceptors (Lipinski definition) is 5. The Hall–Kier alpha value is -3.14. The second-order valence-electron chi connectivity index (χ2n) is 6.61. The molecule has 0 saturated heterocycles. The van der Waals surface area contributed by atoms with E-state index < -0.39 is 29.9 Å². The fourth-order valence-corrected chi connectivity index (χ4v) is 4.34. The lowest BCUT2D eigenvalue weighted by Crippen LogP contribution is -2.16. The SMILES string of the molecule is NC(=O)c1sc2ccc(OC(F)(F)F)cc2c1-c1cccc([C@@H]2C[C@H]2C(=O)O)n1. The third-order valence-electron chi connectivity index (χ3n) is 4.63. The molecule has 3 aromatic rings. The first-order chi connectivity index (χ1) is 13.6. The predicted molar refractivity (Wildman–Crippen MR) is 98.7 cm³/mol. The molecule has 1 aliphatic rings. The molecule has 6 nitrogen and oxygen atoms in total. The molecule has 1 fully saturated rings. The molecule has 2 atom stereocenters. The van der Waals surface area contributed by atoms with Crippen molar-refractivity contribution in [2.24, 2.45) is 11.7 Å². The van der Waals surface area contributed by atoms with Crippen LogP contribution in [0.2, 0.25) is 0 Å². The van der Waals surface area contributed by atoms with Gasteiger partial charge < -0.3 is 15.6 Å². The molecule has 1 saturated carbocycles. The molecule has 0 bridgehead atoms. The molecule has 3 N–H and O–H groups in total. The quantitative estimate of drug-likeness (QED) is 0.643. The molecule has 150 valence electrons. The van der Waals surface area contributed by atoms with Crippen LogP contribution in [0.3, 0.4) is 0 Å². The van der Waals surface area contributed by atoms with Crippen molar-refractivity contribution in [3.63, 3.8) is 0 Å². The van der Waals surface area contributed by atoms with Crippen LogP contribution in [0.25, 0.3) is 21.3 Å². The summed E-state index contributed by atoms with van der Waals surface area (Å²) in [5, 5.41) is 9.47. The number of halogens is 3. The van der Waals surface area contributed by atoms with Crippen molar-refractivity contribution < 1.29 is 32.6 Å². The van der Waals surface area contributed by atoms with Gasteiger partial charge in [0, 0.05) is 27.3 Å². The minimum Gasteiger partial charge on any atom is -0.481 e. The van der Waals surface area contributed by atoms with Crippen LogP contribution < -0.4 is 10.5 Å². The maximum atomic E-state index is 12.6. The van der Waals surface area contributed by atoms with Gasteiger partial charge in [-0.1, -0.05) is 6.07 Å². The van der Waals surface area contributed by atoms with Gasteiger partial charge in [-0.3, -0.25) is 14.6 Å². The van der Waals surface area contributed by atoms with Gasteiger partial charge in [0.25, 0.3) is 5.91 Å².